The standard InChI is InChI=1S/C15H17F3N2O/c1-20(8-3-9-21-2)14-6-7-19-13-10-11(15(16,17)18)4-5-12(13)14/h4-7,10H,3,8-9H2,1-2H3. The van der Waals surface area contributed by atoms with Crippen LogP contribution in [0.2, 0.25) is 0 Å². The Morgan fingerprint density at radius 1 is 1.24 bits per heavy atom. The quantitative estimate of drug-likeness (QED) is 0.787. The molecule has 0 aliphatic carbocycles. The summed E-state index contributed by atoms with van der Waals surface area (Å²) in [6.07, 6.45) is -1.97. The Morgan fingerprint density at radius 3 is 2.67 bits per heavy atom. The molecule has 2 aromatic rings. The second kappa shape index (κ2) is 6.30. The van der Waals surface area contributed by atoms with Crippen molar-refractivity contribution >= 4 is 16.6 Å². The van der Waals surface area contributed by atoms with E-state index in [-0.39, 0.29) is 0 Å². The third-order valence-electron chi connectivity index (χ3n) is 3.30. The molecule has 0 fully saturated rings. The largest absolute Gasteiger partial charge is 0.416 e. The van der Waals surface area contributed by atoms with Crippen LogP contribution in [0.1, 0.15) is 12.0 Å². The van der Waals surface area contributed by atoms with Gasteiger partial charge in [0.25, 0.3) is 0 Å². The van der Waals surface area contributed by atoms with Crippen LogP contribution in [0.4, 0.5) is 18.9 Å². The van der Waals surface area contributed by atoms with Crippen molar-refractivity contribution in [1.82, 2.24) is 4.98 Å². The van der Waals surface area contributed by atoms with Gasteiger partial charge in [0, 0.05) is 44.6 Å². The first-order valence-electron chi connectivity index (χ1n) is 6.59. The highest BCUT2D eigenvalue weighted by Crippen LogP contribution is 2.33. The maximum atomic E-state index is 12.7. The zero-order chi connectivity index (χ0) is 15.5. The fourth-order valence-electron chi connectivity index (χ4n) is 2.21. The molecule has 21 heavy (non-hydrogen) atoms. The van der Waals surface area contributed by atoms with E-state index in [1.165, 1.54) is 12.3 Å². The van der Waals surface area contributed by atoms with Crippen molar-refractivity contribution in [2.24, 2.45) is 0 Å². The average molecular weight is 298 g/mol. The van der Waals surface area contributed by atoms with Gasteiger partial charge in [0.05, 0.1) is 11.1 Å². The minimum Gasteiger partial charge on any atom is -0.385 e. The molecule has 0 N–H and O–H groups in total. The van der Waals surface area contributed by atoms with Gasteiger partial charge in [-0.2, -0.15) is 13.2 Å². The first kappa shape index (κ1) is 15.6. The molecule has 1 aromatic carbocycles. The zero-order valence-electron chi connectivity index (χ0n) is 11.9. The lowest BCUT2D eigenvalue weighted by Gasteiger charge is -2.21. The normalized spacial score (nSPS) is 11.9. The second-order valence-electron chi connectivity index (χ2n) is 4.83. The molecule has 0 atom stereocenters. The van der Waals surface area contributed by atoms with Crippen LogP contribution in [0, 0.1) is 0 Å². The monoisotopic (exact) mass is 298 g/mol. The number of fused-ring (bicyclic) bond motifs is 1. The Morgan fingerprint density at radius 2 is 2.00 bits per heavy atom. The number of ether oxygens (including phenoxy) is 1. The van der Waals surface area contributed by atoms with Gasteiger partial charge >= 0.3 is 6.18 Å². The summed E-state index contributed by atoms with van der Waals surface area (Å²) in [6, 6.07) is 5.47. The zero-order valence-corrected chi connectivity index (χ0v) is 11.9. The smallest absolute Gasteiger partial charge is 0.385 e. The number of aromatic nitrogens is 1. The SMILES string of the molecule is COCCCN(C)c1ccnc2cc(C(F)(F)F)ccc12. The summed E-state index contributed by atoms with van der Waals surface area (Å²) < 4.78 is 43.2. The maximum Gasteiger partial charge on any atom is 0.416 e. The molecule has 0 radical (unpaired) electrons. The Kier molecular flexibility index (Phi) is 4.67. The van der Waals surface area contributed by atoms with Crippen molar-refractivity contribution in [1.29, 1.82) is 0 Å². The van der Waals surface area contributed by atoms with Gasteiger partial charge in [0.1, 0.15) is 0 Å². The highest BCUT2D eigenvalue weighted by atomic mass is 19.4. The van der Waals surface area contributed by atoms with Crippen molar-refractivity contribution in [2.45, 2.75) is 12.6 Å². The highest BCUT2D eigenvalue weighted by molar-refractivity contribution is 5.91. The van der Waals surface area contributed by atoms with Crippen LogP contribution in [0.15, 0.2) is 30.5 Å². The topological polar surface area (TPSA) is 25.4 Å². The third-order valence-corrected chi connectivity index (χ3v) is 3.30. The molecule has 1 aromatic heterocycles. The lowest BCUT2D eigenvalue weighted by molar-refractivity contribution is -0.137. The molecule has 1 heterocycles. The molecule has 2 rings (SSSR count). The van der Waals surface area contributed by atoms with Crippen molar-refractivity contribution in [2.75, 3.05) is 32.2 Å². The van der Waals surface area contributed by atoms with Gasteiger partial charge in [-0.1, -0.05) is 6.07 Å². The molecule has 0 aliphatic rings. The number of alkyl halides is 3. The minimum absolute atomic E-state index is 0.348. The molecule has 0 unspecified atom stereocenters. The lowest BCUT2D eigenvalue weighted by atomic mass is 10.1. The van der Waals surface area contributed by atoms with Crippen LogP contribution in [-0.2, 0) is 10.9 Å². The number of hydrogen-bond donors (Lipinski definition) is 0. The number of nitrogens with zero attached hydrogens (tertiary/aromatic N) is 2. The van der Waals surface area contributed by atoms with Crippen LogP contribution in [0.3, 0.4) is 0 Å². The van der Waals surface area contributed by atoms with E-state index in [4.69, 9.17) is 4.74 Å². The van der Waals surface area contributed by atoms with E-state index in [1.54, 1.807) is 7.11 Å². The van der Waals surface area contributed by atoms with E-state index < -0.39 is 11.7 Å². The number of benzene rings is 1. The predicted molar refractivity (Wildman–Crippen MR) is 76.5 cm³/mol. The summed E-state index contributed by atoms with van der Waals surface area (Å²) in [6.45, 7) is 1.40. The van der Waals surface area contributed by atoms with Gasteiger partial charge in [0.2, 0.25) is 0 Å². The fourth-order valence-corrected chi connectivity index (χ4v) is 2.21. The fraction of sp³-hybridized carbons (Fsp3) is 0.400. The molecule has 0 bridgehead atoms. The Balaban J connectivity index is 2.33. The van der Waals surface area contributed by atoms with E-state index in [9.17, 15) is 13.2 Å². The summed E-state index contributed by atoms with van der Waals surface area (Å²) in [5, 5.41) is 0.713. The lowest BCUT2D eigenvalue weighted by Crippen LogP contribution is -2.20. The van der Waals surface area contributed by atoms with Crippen molar-refractivity contribution in [3.8, 4) is 0 Å². The van der Waals surface area contributed by atoms with Gasteiger partial charge in [-0.3, -0.25) is 4.98 Å². The Labute approximate surface area is 121 Å². The number of anilines is 1. The summed E-state index contributed by atoms with van der Waals surface area (Å²) in [5.74, 6) is 0. The van der Waals surface area contributed by atoms with Gasteiger partial charge in [-0.15, -0.1) is 0 Å². The van der Waals surface area contributed by atoms with Gasteiger partial charge in [-0.25, -0.2) is 0 Å². The van der Waals surface area contributed by atoms with Gasteiger partial charge in [0.15, 0.2) is 0 Å². The first-order chi connectivity index (χ1) is 9.93. The molecule has 0 amide bonds. The van der Waals surface area contributed by atoms with Crippen molar-refractivity contribution in [3.63, 3.8) is 0 Å². The van der Waals surface area contributed by atoms with Crippen LogP contribution >= 0.6 is 0 Å². The number of halogens is 3. The van der Waals surface area contributed by atoms with E-state index in [0.29, 0.717) is 17.5 Å². The van der Waals surface area contributed by atoms with Crippen LogP contribution < -0.4 is 4.90 Å². The number of hydrogen-bond acceptors (Lipinski definition) is 3. The first-order valence-corrected chi connectivity index (χ1v) is 6.59. The predicted octanol–water partition coefficient (Wildman–Crippen LogP) is 3.73. The Bertz CT molecular complexity index is 613. The molecule has 3 nitrogen and oxygen atoms in total. The van der Waals surface area contributed by atoms with Crippen molar-refractivity contribution in [3.05, 3.63) is 36.0 Å². The second-order valence-corrected chi connectivity index (χ2v) is 4.83. The molecular formula is C15H17F3N2O. The average Bonchev–Trinajstić information content (AvgIpc) is 2.45. The summed E-state index contributed by atoms with van der Waals surface area (Å²) in [4.78, 5) is 6.04. The van der Waals surface area contributed by atoms with E-state index in [2.05, 4.69) is 4.98 Å². The van der Waals surface area contributed by atoms with Gasteiger partial charge < -0.3 is 9.64 Å². The van der Waals surface area contributed by atoms with Crippen LogP contribution in [0.25, 0.3) is 10.9 Å². The van der Waals surface area contributed by atoms with Crippen molar-refractivity contribution < 1.29 is 17.9 Å². The molecular weight excluding hydrogens is 281 g/mol. The van der Waals surface area contributed by atoms with E-state index in [1.807, 2.05) is 18.0 Å². The molecule has 114 valence electrons. The molecule has 0 saturated heterocycles. The number of rotatable bonds is 5. The maximum absolute atomic E-state index is 12.7. The van der Waals surface area contributed by atoms with E-state index in [0.717, 1.165) is 30.8 Å². The molecule has 0 aliphatic heterocycles. The highest BCUT2D eigenvalue weighted by Gasteiger charge is 2.30. The Hall–Kier alpha value is -1.82. The summed E-state index contributed by atoms with van der Waals surface area (Å²) >= 11 is 0. The molecule has 6 heteroatoms. The molecule has 0 saturated carbocycles. The van der Waals surface area contributed by atoms with Crippen LogP contribution in [0.5, 0.6) is 0 Å². The van der Waals surface area contributed by atoms with E-state index >= 15 is 0 Å². The van der Waals surface area contributed by atoms with Gasteiger partial charge in [-0.05, 0) is 24.6 Å². The minimum atomic E-state index is -4.35. The van der Waals surface area contributed by atoms with Crippen LogP contribution in [-0.4, -0.2) is 32.3 Å². The summed E-state index contributed by atoms with van der Waals surface area (Å²) in [5.41, 5.74) is 0.535. The summed E-state index contributed by atoms with van der Waals surface area (Å²) in [7, 11) is 3.54. The number of pyridine rings is 1. The number of methoxy groups -OCH3 is 1. The molecule has 0 spiro atoms. The third kappa shape index (κ3) is 3.64.